The summed E-state index contributed by atoms with van der Waals surface area (Å²) >= 11 is 0. The van der Waals surface area contributed by atoms with Gasteiger partial charge in [0, 0.05) is 0 Å². The van der Waals surface area contributed by atoms with E-state index in [1.165, 1.54) is 6.20 Å². The summed E-state index contributed by atoms with van der Waals surface area (Å²) < 4.78 is 0. The zero-order valence-corrected chi connectivity index (χ0v) is 4.94. The van der Waals surface area contributed by atoms with Crippen LogP contribution in [0.3, 0.4) is 0 Å². The van der Waals surface area contributed by atoms with E-state index in [1.54, 1.807) is 0 Å². The van der Waals surface area contributed by atoms with Gasteiger partial charge in [-0.2, -0.15) is 0 Å². The van der Waals surface area contributed by atoms with Crippen molar-refractivity contribution in [2.75, 3.05) is 5.73 Å². The van der Waals surface area contributed by atoms with E-state index < -0.39 is 5.97 Å². The van der Waals surface area contributed by atoms with E-state index in [2.05, 4.69) is 9.97 Å². The summed E-state index contributed by atoms with van der Waals surface area (Å²) in [7, 11) is 0. The number of nitrogens with zero attached hydrogens (tertiary/aromatic N) is 2. The van der Waals surface area contributed by atoms with E-state index >= 15 is 0 Å². The highest BCUT2D eigenvalue weighted by Crippen LogP contribution is 2.01. The number of rotatable bonds is 1. The van der Waals surface area contributed by atoms with Crippen molar-refractivity contribution in [2.24, 2.45) is 0 Å². The van der Waals surface area contributed by atoms with Crippen molar-refractivity contribution < 1.29 is 9.90 Å². The Kier molecular flexibility index (Phi) is 1.49. The summed E-state index contributed by atoms with van der Waals surface area (Å²) in [5, 5.41) is 10.1. The second-order valence-electron chi connectivity index (χ2n) is 1.61. The highest BCUT2D eigenvalue weighted by Gasteiger charge is 1.98. The molecule has 2 N–H and O–H groups in total. The van der Waals surface area contributed by atoms with E-state index in [1.807, 2.05) is 0 Å². The number of nitrogens with two attached hydrogens (primary N) is 1. The number of carboxylic acid groups (broad SMARTS) is 1. The Labute approximate surface area is 56.5 Å². The molecule has 0 saturated carbocycles. The fourth-order valence-corrected chi connectivity index (χ4v) is 0.511. The second-order valence-corrected chi connectivity index (χ2v) is 1.61. The highest BCUT2D eigenvalue weighted by atomic mass is 16.4. The highest BCUT2D eigenvalue weighted by molar-refractivity contribution is 5.89. The quantitative estimate of drug-likeness (QED) is 0.505. The van der Waals surface area contributed by atoms with Crippen LogP contribution in [0.5, 0.6) is 0 Å². The minimum absolute atomic E-state index is 0.0162. The van der Waals surface area contributed by atoms with Crippen LogP contribution >= 0.6 is 0 Å². The summed E-state index contributed by atoms with van der Waals surface area (Å²) in [6.07, 6.45) is 2.31. The number of carbonyl (C=O) groups excluding carboxylic acids is 1. The number of nitrogen functional groups attached to an aromatic ring is 1. The number of hydrogen-bond acceptors (Lipinski definition) is 5. The molecule has 1 heterocycles. The lowest BCUT2D eigenvalue weighted by molar-refractivity contribution is -0.255. The molecule has 1 rings (SSSR count). The molecule has 0 fully saturated rings. The molecule has 5 heteroatoms. The molecule has 0 aliphatic carbocycles. The summed E-state index contributed by atoms with van der Waals surface area (Å²) in [4.78, 5) is 17.0. The minimum atomic E-state index is -1.39. The monoisotopic (exact) mass is 138 g/mol. The van der Waals surface area contributed by atoms with Gasteiger partial charge in [0.2, 0.25) is 0 Å². The third-order valence-corrected chi connectivity index (χ3v) is 0.934. The molecule has 0 aliphatic heterocycles. The van der Waals surface area contributed by atoms with Gasteiger partial charge in [0.25, 0.3) is 0 Å². The van der Waals surface area contributed by atoms with Crippen LogP contribution in [0, 0.1) is 0 Å². The van der Waals surface area contributed by atoms with Crippen LogP contribution in [0.25, 0.3) is 0 Å². The third kappa shape index (κ3) is 1.02. The fraction of sp³-hybridized carbons (Fsp3) is 0. The Hall–Kier alpha value is -1.65. The average molecular weight is 138 g/mol. The predicted octanol–water partition coefficient (Wildman–Crippen LogP) is -1.58. The second kappa shape index (κ2) is 2.30. The first-order valence-electron chi connectivity index (χ1n) is 2.48. The third-order valence-electron chi connectivity index (χ3n) is 0.934. The molecule has 5 nitrogen and oxygen atoms in total. The SMILES string of the molecule is Nc1cncnc1C(=O)[O-]. The van der Waals surface area contributed by atoms with Gasteiger partial charge in [-0.3, -0.25) is 0 Å². The molecule has 0 aliphatic rings. The molecule has 0 unspecified atom stereocenters. The Morgan fingerprint density at radius 1 is 1.70 bits per heavy atom. The first kappa shape index (κ1) is 6.47. The van der Waals surface area contributed by atoms with Gasteiger partial charge in [-0.15, -0.1) is 0 Å². The van der Waals surface area contributed by atoms with Gasteiger partial charge >= 0.3 is 0 Å². The molecule has 0 atom stereocenters. The molecular formula is C5H4N3O2-. The number of hydrogen-bond donors (Lipinski definition) is 1. The maximum atomic E-state index is 10.1. The summed E-state index contributed by atoms with van der Waals surface area (Å²) in [5.74, 6) is -1.39. The number of carbonyl (C=O) groups is 1. The van der Waals surface area contributed by atoms with E-state index in [9.17, 15) is 9.90 Å². The van der Waals surface area contributed by atoms with Gasteiger partial charge in [0.15, 0.2) is 0 Å². The van der Waals surface area contributed by atoms with E-state index in [-0.39, 0.29) is 11.4 Å². The largest absolute Gasteiger partial charge is 0.543 e. The van der Waals surface area contributed by atoms with Gasteiger partial charge in [-0.05, 0) is 0 Å². The maximum absolute atomic E-state index is 10.1. The van der Waals surface area contributed by atoms with Crippen LogP contribution in [0.15, 0.2) is 12.5 Å². The molecule has 0 saturated heterocycles. The lowest BCUT2D eigenvalue weighted by Gasteiger charge is -2.01. The number of carboxylic acids is 1. The number of anilines is 1. The van der Waals surface area contributed by atoms with Gasteiger partial charge in [0.1, 0.15) is 12.0 Å². The lowest BCUT2D eigenvalue weighted by atomic mass is 10.3. The van der Waals surface area contributed by atoms with Crippen molar-refractivity contribution in [3.8, 4) is 0 Å². The Balaban J connectivity index is 3.15. The van der Waals surface area contributed by atoms with Crippen LogP contribution in [0.4, 0.5) is 5.69 Å². The Morgan fingerprint density at radius 2 is 2.40 bits per heavy atom. The smallest absolute Gasteiger partial charge is 0.116 e. The predicted molar refractivity (Wildman–Crippen MR) is 30.8 cm³/mol. The molecule has 52 valence electrons. The summed E-state index contributed by atoms with van der Waals surface area (Å²) in [6, 6.07) is 0. The zero-order valence-electron chi connectivity index (χ0n) is 4.94. The van der Waals surface area contributed by atoms with Gasteiger partial charge in [0.05, 0.1) is 17.9 Å². The van der Waals surface area contributed by atoms with Gasteiger partial charge in [-0.25, -0.2) is 9.97 Å². The van der Waals surface area contributed by atoms with Crippen molar-refractivity contribution in [2.45, 2.75) is 0 Å². The number of aromatic nitrogens is 2. The molecule has 0 radical (unpaired) electrons. The summed E-state index contributed by atoms with van der Waals surface area (Å²) in [6.45, 7) is 0. The fourth-order valence-electron chi connectivity index (χ4n) is 0.511. The standard InChI is InChI=1S/C5H5N3O2/c6-3-1-7-2-8-4(3)5(9)10/h1-2H,6H2,(H,9,10)/p-1. The van der Waals surface area contributed by atoms with Crippen LogP contribution in [-0.4, -0.2) is 15.9 Å². The van der Waals surface area contributed by atoms with Crippen LogP contribution in [0.2, 0.25) is 0 Å². The first-order chi connectivity index (χ1) is 4.72. The number of aromatic carboxylic acids is 1. The molecule has 1 aromatic rings. The topological polar surface area (TPSA) is 91.9 Å². The Bertz CT molecular complexity index is 261. The Morgan fingerprint density at radius 3 is 2.80 bits per heavy atom. The van der Waals surface area contributed by atoms with E-state index in [4.69, 9.17) is 5.73 Å². The van der Waals surface area contributed by atoms with E-state index in [0.29, 0.717) is 0 Å². The van der Waals surface area contributed by atoms with Crippen molar-refractivity contribution in [3.63, 3.8) is 0 Å². The van der Waals surface area contributed by atoms with Crippen molar-refractivity contribution in [1.82, 2.24) is 9.97 Å². The average Bonchev–Trinajstić information content (AvgIpc) is 1.88. The van der Waals surface area contributed by atoms with Gasteiger partial charge in [-0.1, -0.05) is 0 Å². The molecule has 0 aromatic carbocycles. The van der Waals surface area contributed by atoms with Crippen LogP contribution in [0.1, 0.15) is 10.5 Å². The van der Waals surface area contributed by atoms with Crippen LogP contribution < -0.4 is 10.8 Å². The van der Waals surface area contributed by atoms with Crippen molar-refractivity contribution in [1.29, 1.82) is 0 Å². The molecule has 10 heavy (non-hydrogen) atoms. The lowest BCUT2D eigenvalue weighted by Crippen LogP contribution is -2.24. The first-order valence-corrected chi connectivity index (χ1v) is 2.48. The molecule has 0 amide bonds. The molecule has 1 aromatic heterocycles. The van der Waals surface area contributed by atoms with Crippen LogP contribution in [-0.2, 0) is 0 Å². The van der Waals surface area contributed by atoms with Gasteiger partial charge < -0.3 is 15.6 Å². The van der Waals surface area contributed by atoms with Crippen molar-refractivity contribution >= 4 is 11.7 Å². The molecular weight excluding hydrogens is 134 g/mol. The molecule has 0 bridgehead atoms. The maximum Gasteiger partial charge on any atom is 0.116 e. The molecule has 0 spiro atoms. The zero-order chi connectivity index (χ0) is 7.56. The summed E-state index contributed by atoms with van der Waals surface area (Å²) in [5.41, 5.74) is 4.92. The van der Waals surface area contributed by atoms with Crippen molar-refractivity contribution in [3.05, 3.63) is 18.2 Å². The minimum Gasteiger partial charge on any atom is -0.543 e. The van der Waals surface area contributed by atoms with E-state index in [0.717, 1.165) is 6.33 Å². The normalized spacial score (nSPS) is 9.20.